The molecule has 2 aromatic carbocycles. The molecule has 1 N–H and O–H groups in total. The van der Waals surface area contributed by atoms with Gasteiger partial charge in [0.15, 0.2) is 11.5 Å². The molecule has 4 aromatic rings. The largest absolute Gasteiger partial charge is 0.573 e. The number of benzene rings is 2. The van der Waals surface area contributed by atoms with Gasteiger partial charge in [-0.05, 0) is 62.1 Å². The molecule has 0 saturated heterocycles. The molecule has 0 atom stereocenters. The van der Waals surface area contributed by atoms with Gasteiger partial charge in [0.1, 0.15) is 11.4 Å². The number of nitrogens with one attached hydrogen (secondary N) is 1. The summed E-state index contributed by atoms with van der Waals surface area (Å²) in [5, 5.41) is 6.63. The molecule has 0 aliphatic heterocycles. The molecule has 0 bridgehead atoms. The van der Waals surface area contributed by atoms with E-state index in [1.807, 2.05) is 18.2 Å². The van der Waals surface area contributed by atoms with Crippen molar-refractivity contribution in [1.29, 1.82) is 0 Å². The molecular weight excluding hydrogens is 477 g/mol. The summed E-state index contributed by atoms with van der Waals surface area (Å²) < 4.78 is 50.5. The second-order valence-corrected chi connectivity index (χ2v) is 8.45. The quantitative estimate of drug-likeness (QED) is 0.437. The first-order chi connectivity index (χ1) is 17.1. The molecule has 1 aliphatic rings. The molecule has 1 aliphatic carbocycles. The number of anilines is 1. The molecule has 2 heterocycles. The van der Waals surface area contributed by atoms with E-state index >= 15 is 0 Å². The molecule has 36 heavy (non-hydrogen) atoms. The fraction of sp³-hybridized carbons (Fsp3) is 0.240. The maximum absolute atomic E-state index is 13.2. The van der Waals surface area contributed by atoms with Gasteiger partial charge in [-0.2, -0.15) is 0 Å². The summed E-state index contributed by atoms with van der Waals surface area (Å²) in [6.07, 6.45) is -3.35. The number of rotatable bonds is 4. The van der Waals surface area contributed by atoms with Crippen molar-refractivity contribution in [2.45, 2.75) is 32.5 Å². The minimum atomic E-state index is -4.80. The minimum Gasteiger partial charge on any atom is -0.406 e. The maximum Gasteiger partial charge on any atom is 0.573 e. The van der Waals surface area contributed by atoms with Gasteiger partial charge in [0.05, 0.1) is 11.4 Å². The number of ether oxygens (including phenoxy) is 1. The van der Waals surface area contributed by atoms with Crippen molar-refractivity contribution in [3.8, 4) is 22.8 Å². The monoisotopic (exact) mass is 498 g/mol. The highest BCUT2D eigenvalue weighted by molar-refractivity contribution is 6.05. The Labute approximate surface area is 202 Å². The Bertz CT molecular complexity index is 1520. The lowest BCUT2D eigenvalue weighted by atomic mass is 10.0. The Morgan fingerprint density at radius 1 is 1.14 bits per heavy atom. The Morgan fingerprint density at radius 3 is 2.61 bits per heavy atom. The zero-order valence-corrected chi connectivity index (χ0v) is 19.3. The van der Waals surface area contributed by atoms with Gasteiger partial charge in [0, 0.05) is 18.2 Å². The lowest BCUT2D eigenvalue weighted by Crippen LogP contribution is -2.23. The van der Waals surface area contributed by atoms with Crippen molar-refractivity contribution in [1.82, 2.24) is 14.5 Å². The van der Waals surface area contributed by atoms with E-state index in [9.17, 15) is 22.8 Å². The van der Waals surface area contributed by atoms with Gasteiger partial charge in [0.25, 0.3) is 11.5 Å². The van der Waals surface area contributed by atoms with Crippen LogP contribution in [0.15, 0.2) is 57.8 Å². The summed E-state index contributed by atoms with van der Waals surface area (Å²) in [4.78, 5) is 26.4. The molecule has 186 valence electrons. The fourth-order valence-corrected chi connectivity index (χ4v) is 4.47. The second kappa shape index (κ2) is 8.74. The standard InChI is InChI=1S/C25H21F3N4O4/c1-14-20(24(34)32(31(14)2)16-8-4-3-5-9-16)29-23(33)21-19-10-6-7-15-13-17(35-25(26,27)28)11-12-18(15)22(19)36-30-21/h3-5,8-9,11-13H,6-7,10H2,1-2H3,(H,29,33). The zero-order valence-electron chi connectivity index (χ0n) is 19.3. The predicted octanol–water partition coefficient (Wildman–Crippen LogP) is 4.78. The van der Waals surface area contributed by atoms with Crippen LogP contribution in [0.1, 0.15) is 33.7 Å². The molecule has 2 aromatic heterocycles. The van der Waals surface area contributed by atoms with Crippen molar-refractivity contribution in [2.24, 2.45) is 7.05 Å². The average molecular weight is 498 g/mol. The summed E-state index contributed by atoms with van der Waals surface area (Å²) in [6, 6.07) is 13.0. The van der Waals surface area contributed by atoms with Crippen LogP contribution in [-0.2, 0) is 19.9 Å². The number of halogens is 3. The minimum absolute atomic E-state index is 0.0300. The van der Waals surface area contributed by atoms with E-state index in [1.165, 1.54) is 22.9 Å². The molecule has 8 nitrogen and oxygen atoms in total. The summed E-state index contributed by atoms with van der Waals surface area (Å²) >= 11 is 0. The topological polar surface area (TPSA) is 91.3 Å². The van der Waals surface area contributed by atoms with E-state index in [-0.39, 0.29) is 17.1 Å². The summed E-state index contributed by atoms with van der Waals surface area (Å²) in [6.45, 7) is 1.72. The molecular formula is C25H21F3N4O4. The molecule has 0 radical (unpaired) electrons. The van der Waals surface area contributed by atoms with Gasteiger partial charge in [-0.3, -0.25) is 14.3 Å². The number of aryl methyl sites for hydroxylation is 1. The number of nitrogens with zero attached hydrogens (tertiary/aromatic N) is 3. The normalized spacial score (nSPS) is 13.0. The molecule has 11 heteroatoms. The first kappa shape index (κ1) is 23.5. The van der Waals surface area contributed by atoms with Crippen molar-refractivity contribution >= 4 is 11.6 Å². The first-order valence-electron chi connectivity index (χ1n) is 11.2. The van der Waals surface area contributed by atoms with Crippen LogP contribution in [0.4, 0.5) is 18.9 Å². The van der Waals surface area contributed by atoms with Crippen LogP contribution in [-0.4, -0.2) is 26.8 Å². The number of carbonyl (C=O) groups excluding carboxylic acids is 1. The highest BCUT2D eigenvalue weighted by Crippen LogP contribution is 2.37. The lowest BCUT2D eigenvalue weighted by molar-refractivity contribution is -0.274. The highest BCUT2D eigenvalue weighted by atomic mass is 19.4. The summed E-state index contributed by atoms with van der Waals surface area (Å²) in [5.74, 6) is -0.611. The molecule has 5 rings (SSSR count). The summed E-state index contributed by atoms with van der Waals surface area (Å²) in [7, 11) is 1.72. The van der Waals surface area contributed by atoms with Gasteiger partial charge in [-0.1, -0.05) is 23.4 Å². The van der Waals surface area contributed by atoms with Crippen molar-refractivity contribution in [3.63, 3.8) is 0 Å². The Kier molecular flexibility index (Phi) is 5.70. The number of hydrogen-bond donors (Lipinski definition) is 1. The number of aromatic nitrogens is 3. The first-order valence-corrected chi connectivity index (χ1v) is 11.2. The highest BCUT2D eigenvalue weighted by Gasteiger charge is 2.32. The smallest absolute Gasteiger partial charge is 0.406 e. The van der Waals surface area contributed by atoms with Crippen LogP contribution < -0.4 is 15.6 Å². The van der Waals surface area contributed by atoms with Gasteiger partial charge >= 0.3 is 6.36 Å². The van der Waals surface area contributed by atoms with Crippen LogP contribution in [0.5, 0.6) is 5.75 Å². The summed E-state index contributed by atoms with van der Waals surface area (Å²) in [5.41, 5.74) is 2.63. The third-order valence-corrected chi connectivity index (χ3v) is 6.22. The van der Waals surface area contributed by atoms with Crippen molar-refractivity contribution in [2.75, 3.05) is 5.32 Å². The molecule has 0 fully saturated rings. The van der Waals surface area contributed by atoms with E-state index in [0.717, 1.165) is 0 Å². The van der Waals surface area contributed by atoms with Gasteiger partial charge in [0.2, 0.25) is 0 Å². The van der Waals surface area contributed by atoms with Crippen LogP contribution in [0, 0.1) is 6.92 Å². The number of para-hydroxylation sites is 1. The van der Waals surface area contributed by atoms with Crippen LogP contribution >= 0.6 is 0 Å². The number of carbonyl (C=O) groups is 1. The van der Waals surface area contributed by atoms with Gasteiger partial charge in [-0.15, -0.1) is 13.2 Å². The third-order valence-electron chi connectivity index (χ3n) is 6.22. The number of alkyl halides is 3. The van der Waals surface area contributed by atoms with E-state index in [4.69, 9.17) is 4.52 Å². The fourth-order valence-electron chi connectivity index (χ4n) is 4.47. The lowest BCUT2D eigenvalue weighted by Gasteiger charge is -2.11. The van der Waals surface area contributed by atoms with Crippen molar-refractivity contribution < 1.29 is 27.2 Å². The SMILES string of the molecule is Cc1c(NC(=O)c2noc3c2CCCc2cc(OC(F)(F)F)ccc2-3)c(=O)n(-c2ccccc2)n1C. The van der Waals surface area contributed by atoms with Gasteiger partial charge < -0.3 is 14.6 Å². The zero-order chi connectivity index (χ0) is 25.6. The number of hydrogen-bond acceptors (Lipinski definition) is 5. The number of fused-ring (bicyclic) bond motifs is 3. The van der Waals surface area contributed by atoms with Crippen LogP contribution in [0.25, 0.3) is 17.0 Å². The second-order valence-electron chi connectivity index (χ2n) is 8.45. The van der Waals surface area contributed by atoms with Gasteiger partial charge in [-0.25, -0.2) is 4.68 Å². The molecule has 0 unspecified atom stereocenters. The Balaban J connectivity index is 1.47. The van der Waals surface area contributed by atoms with E-state index < -0.39 is 17.8 Å². The average Bonchev–Trinajstić information content (AvgIpc) is 3.26. The number of amides is 1. The molecule has 1 amide bonds. The van der Waals surface area contributed by atoms with E-state index in [2.05, 4.69) is 15.2 Å². The van der Waals surface area contributed by atoms with Crippen LogP contribution in [0.3, 0.4) is 0 Å². The maximum atomic E-state index is 13.2. The Morgan fingerprint density at radius 2 is 1.89 bits per heavy atom. The molecule has 0 spiro atoms. The van der Waals surface area contributed by atoms with Crippen LogP contribution in [0.2, 0.25) is 0 Å². The Hall–Kier alpha value is -4.28. The molecule has 0 saturated carbocycles. The van der Waals surface area contributed by atoms with Crippen molar-refractivity contribution in [3.05, 3.63) is 81.4 Å². The van der Waals surface area contributed by atoms with E-state index in [0.29, 0.717) is 53.1 Å². The third kappa shape index (κ3) is 4.16. The predicted molar refractivity (Wildman–Crippen MR) is 124 cm³/mol. The van der Waals surface area contributed by atoms with E-state index in [1.54, 1.807) is 30.8 Å².